The number of allylic oxidation sites excluding steroid dienone is 1. The number of aliphatic imine (C=N–C) groups is 1. The molecule has 2 fully saturated rings. The summed E-state index contributed by atoms with van der Waals surface area (Å²) in [6.45, 7) is 21.0. The predicted octanol–water partition coefficient (Wildman–Crippen LogP) is 8.43. The largest absolute Gasteiger partial charge is 0.345 e. The maximum atomic E-state index is 14.7. The fourth-order valence-corrected chi connectivity index (χ4v) is 5.33. The van der Waals surface area contributed by atoms with Crippen LogP contribution in [0.4, 0.5) is 15.9 Å². The summed E-state index contributed by atoms with van der Waals surface area (Å²) in [5, 5.41) is 4.35. The van der Waals surface area contributed by atoms with Crippen molar-refractivity contribution in [3.8, 4) is 11.1 Å². The Morgan fingerprint density at radius 3 is 2.20 bits per heavy atom. The second-order valence-corrected chi connectivity index (χ2v) is 11.7. The Kier molecular flexibility index (Phi) is 12.1. The predicted molar refractivity (Wildman–Crippen MR) is 175 cm³/mol. The van der Waals surface area contributed by atoms with Crippen LogP contribution in [0.5, 0.6) is 0 Å². The van der Waals surface area contributed by atoms with Crippen molar-refractivity contribution in [2.45, 2.75) is 67.2 Å². The number of piperidine rings is 2. The van der Waals surface area contributed by atoms with E-state index in [1.807, 2.05) is 59.0 Å². The third-order valence-corrected chi connectivity index (χ3v) is 7.95. The molecule has 2 N–H and O–H groups in total. The van der Waals surface area contributed by atoms with Gasteiger partial charge in [0.25, 0.3) is 0 Å². The molecule has 4 heterocycles. The van der Waals surface area contributed by atoms with Crippen molar-refractivity contribution in [2.24, 2.45) is 16.8 Å². The summed E-state index contributed by atoms with van der Waals surface area (Å²) < 4.78 is 14.7. The molecule has 2 aliphatic heterocycles. The monoisotopic (exact) mass is 562 g/mol. The molecule has 0 bridgehead atoms. The van der Waals surface area contributed by atoms with Crippen LogP contribution < -0.4 is 5.32 Å². The minimum atomic E-state index is -0.314. The van der Waals surface area contributed by atoms with E-state index >= 15 is 0 Å². The summed E-state index contributed by atoms with van der Waals surface area (Å²) >= 11 is 0. The van der Waals surface area contributed by atoms with Crippen LogP contribution in [0.25, 0.3) is 22.2 Å². The number of benzene rings is 1. The highest BCUT2D eigenvalue weighted by molar-refractivity contribution is 5.95. The number of likely N-dealkylation sites (tertiary alicyclic amines) is 2. The first-order chi connectivity index (χ1) is 19.6. The smallest absolute Gasteiger partial charge is 0.149 e. The number of pyridine rings is 1. The van der Waals surface area contributed by atoms with Gasteiger partial charge >= 0.3 is 0 Å². The Balaban J connectivity index is 0.000000394. The lowest BCUT2D eigenvalue weighted by Crippen LogP contribution is -2.31. The number of rotatable bonds is 5. The van der Waals surface area contributed by atoms with Crippen LogP contribution in [0.3, 0.4) is 0 Å². The Bertz CT molecular complexity index is 1270. The number of nitrogens with one attached hydrogen (secondary N) is 2. The fourth-order valence-electron chi connectivity index (χ4n) is 5.33. The summed E-state index contributed by atoms with van der Waals surface area (Å²) in [5.41, 5.74) is 5.56. The molecule has 41 heavy (non-hydrogen) atoms. The number of hydrogen-bond acceptors (Lipinski definition) is 5. The van der Waals surface area contributed by atoms with Gasteiger partial charge in [0, 0.05) is 34.5 Å². The van der Waals surface area contributed by atoms with Gasteiger partial charge in [-0.2, -0.15) is 0 Å². The van der Waals surface area contributed by atoms with Gasteiger partial charge in [-0.1, -0.05) is 27.4 Å². The van der Waals surface area contributed by atoms with Gasteiger partial charge in [-0.15, -0.1) is 0 Å². The van der Waals surface area contributed by atoms with E-state index in [1.54, 1.807) is 6.07 Å². The van der Waals surface area contributed by atoms with Crippen LogP contribution in [0, 0.1) is 24.6 Å². The van der Waals surface area contributed by atoms with Crippen LogP contribution in [-0.2, 0) is 0 Å². The zero-order valence-corrected chi connectivity index (χ0v) is 26.6. The summed E-state index contributed by atoms with van der Waals surface area (Å²) in [4.78, 5) is 17.0. The molecule has 2 aliphatic rings. The molecule has 2 saturated heterocycles. The first kappa shape index (κ1) is 32.5. The molecule has 3 aromatic rings. The van der Waals surface area contributed by atoms with Crippen molar-refractivity contribution >= 4 is 28.3 Å². The second kappa shape index (κ2) is 15.3. The summed E-state index contributed by atoms with van der Waals surface area (Å²) in [6.07, 6.45) is 6.90. The zero-order valence-electron chi connectivity index (χ0n) is 26.6. The number of anilines is 1. The normalized spacial score (nSPS) is 16.8. The van der Waals surface area contributed by atoms with Crippen molar-refractivity contribution < 1.29 is 4.39 Å². The number of nitrogens with zero attached hydrogens (tertiary/aromatic N) is 4. The molecule has 0 spiro atoms. The molecule has 0 radical (unpaired) electrons. The lowest BCUT2D eigenvalue weighted by atomic mass is 9.94. The van der Waals surface area contributed by atoms with Crippen LogP contribution in [0.1, 0.15) is 65.9 Å². The zero-order chi connectivity index (χ0) is 30.1. The van der Waals surface area contributed by atoms with Crippen molar-refractivity contribution in [3.05, 3.63) is 54.1 Å². The van der Waals surface area contributed by atoms with Crippen molar-refractivity contribution in [2.75, 3.05) is 45.6 Å². The number of H-pyrrole nitrogens is 1. The first-order valence-electron chi connectivity index (χ1n) is 15.2. The molecule has 0 aliphatic carbocycles. The van der Waals surface area contributed by atoms with Gasteiger partial charge in [-0.05, 0) is 128 Å². The highest BCUT2D eigenvalue weighted by atomic mass is 19.1. The van der Waals surface area contributed by atoms with Gasteiger partial charge in [0.15, 0.2) is 0 Å². The number of aromatic nitrogens is 2. The topological polar surface area (TPSA) is 59.6 Å². The SMILES string of the molecule is C=C(Nc1ccc2c(-c3cc(C)c(N=C(C)C)c(F)c3)c[nH]c2n1)C1CCN(C)CC1.CC.CC1CCN(C)CC1. The van der Waals surface area contributed by atoms with Gasteiger partial charge in [-0.3, -0.25) is 4.99 Å². The molecule has 224 valence electrons. The van der Waals surface area contributed by atoms with Crippen LogP contribution in [0.15, 0.2) is 47.7 Å². The quantitative estimate of drug-likeness (QED) is 0.306. The van der Waals surface area contributed by atoms with Gasteiger partial charge in [0.2, 0.25) is 0 Å². The molecule has 0 unspecified atom stereocenters. The average Bonchev–Trinajstić information content (AvgIpc) is 3.37. The summed E-state index contributed by atoms with van der Waals surface area (Å²) in [6, 6.07) is 7.50. The Morgan fingerprint density at radius 2 is 1.63 bits per heavy atom. The van der Waals surface area contributed by atoms with Crippen LogP contribution >= 0.6 is 0 Å². The maximum absolute atomic E-state index is 14.7. The molecule has 0 amide bonds. The van der Waals surface area contributed by atoms with E-state index < -0.39 is 0 Å². The highest BCUT2D eigenvalue weighted by Gasteiger charge is 2.20. The Labute approximate surface area is 247 Å². The van der Waals surface area contributed by atoms with E-state index in [0.717, 1.165) is 76.8 Å². The van der Waals surface area contributed by atoms with Gasteiger partial charge in [0.1, 0.15) is 23.0 Å². The first-order valence-corrected chi connectivity index (χ1v) is 15.2. The average molecular weight is 563 g/mol. The fraction of sp³-hybridized carbons (Fsp3) is 0.529. The van der Waals surface area contributed by atoms with Crippen molar-refractivity contribution in [3.63, 3.8) is 0 Å². The summed E-state index contributed by atoms with van der Waals surface area (Å²) in [5.74, 6) is 1.90. The molecule has 5 rings (SSSR count). The lowest BCUT2D eigenvalue weighted by Gasteiger charge is -2.30. The number of fused-ring (bicyclic) bond motifs is 1. The van der Waals surface area contributed by atoms with Crippen LogP contribution in [0.2, 0.25) is 0 Å². The standard InChI is InChI=1S/C25H30FN5.C7H15N.C2H6/c1-15(2)28-24-16(3)12-19(13-22(24)26)21-14-27-25-20(21)6-7-23(30-25)29-17(4)18-8-10-31(5)11-9-18;1-7-3-5-8(2)6-4-7;1-2/h6-7,12-14,18H,4,8-11H2,1-3,5H3,(H2,27,29,30);7H,3-6H2,1-2H3;1-2H3. The van der Waals surface area contributed by atoms with Crippen molar-refractivity contribution in [1.82, 2.24) is 19.8 Å². The van der Waals surface area contributed by atoms with E-state index in [1.165, 1.54) is 25.9 Å². The number of aryl methyl sites for hydroxylation is 1. The Morgan fingerprint density at radius 1 is 1.02 bits per heavy atom. The molecule has 7 heteroatoms. The minimum absolute atomic E-state index is 0.314. The molecular weight excluding hydrogens is 511 g/mol. The van der Waals surface area contributed by atoms with E-state index in [2.05, 4.69) is 52.7 Å². The molecule has 2 aromatic heterocycles. The molecule has 6 nitrogen and oxygen atoms in total. The van der Waals surface area contributed by atoms with Gasteiger partial charge in [-0.25, -0.2) is 9.37 Å². The third-order valence-electron chi connectivity index (χ3n) is 7.95. The van der Waals surface area contributed by atoms with E-state index in [4.69, 9.17) is 4.98 Å². The highest BCUT2D eigenvalue weighted by Crippen LogP contribution is 2.34. The number of aromatic amines is 1. The molecule has 0 atom stereocenters. The maximum Gasteiger partial charge on any atom is 0.149 e. The lowest BCUT2D eigenvalue weighted by molar-refractivity contribution is 0.230. The van der Waals surface area contributed by atoms with Gasteiger partial charge < -0.3 is 20.1 Å². The van der Waals surface area contributed by atoms with E-state index in [-0.39, 0.29) is 5.82 Å². The Hall–Kier alpha value is -3.03. The van der Waals surface area contributed by atoms with Crippen LogP contribution in [-0.4, -0.2) is 65.8 Å². The molecule has 1 aromatic carbocycles. The second-order valence-electron chi connectivity index (χ2n) is 11.7. The molecular formula is C34H51FN6. The molecule has 0 saturated carbocycles. The van der Waals surface area contributed by atoms with E-state index in [9.17, 15) is 4.39 Å². The minimum Gasteiger partial charge on any atom is -0.345 e. The van der Waals surface area contributed by atoms with E-state index in [0.29, 0.717) is 11.6 Å². The van der Waals surface area contributed by atoms with Crippen molar-refractivity contribution in [1.29, 1.82) is 0 Å². The van der Waals surface area contributed by atoms with Gasteiger partial charge in [0.05, 0.1) is 0 Å². The third kappa shape index (κ3) is 8.98. The summed E-state index contributed by atoms with van der Waals surface area (Å²) in [7, 11) is 4.36. The number of halogens is 1. The number of hydrogen-bond donors (Lipinski definition) is 2.